The fourth-order valence-electron chi connectivity index (χ4n) is 7.96. The second-order valence-corrected chi connectivity index (χ2v) is 10.1. The summed E-state index contributed by atoms with van der Waals surface area (Å²) in [6, 6.07) is 0. The Morgan fingerprint density at radius 2 is 1.96 bits per heavy atom. The lowest BCUT2D eigenvalue weighted by Gasteiger charge is -2.59. The summed E-state index contributed by atoms with van der Waals surface area (Å²) in [5.74, 6) is -1.06. The topological polar surface area (TPSA) is 68.2 Å². The van der Waals surface area contributed by atoms with Gasteiger partial charge in [-0.05, 0) is 56.8 Å². The third-order valence-corrected chi connectivity index (χ3v) is 9.24. The van der Waals surface area contributed by atoms with Crippen molar-refractivity contribution in [1.82, 2.24) is 0 Å². The molecule has 5 heteroatoms. The van der Waals surface area contributed by atoms with Crippen LogP contribution in [0.15, 0.2) is 11.6 Å². The van der Waals surface area contributed by atoms with Gasteiger partial charge in [0.2, 0.25) is 0 Å². The summed E-state index contributed by atoms with van der Waals surface area (Å²) in [5.41, 5.74) is 1.16. The van der Waals surface area contributed by atoms with E-state index in [-0.39, 0.29) is 34.9 Å². The van der Waals surface area contributed by atoms with Crippen LogP contribution in [0.1, 0.15) is 52.4 Å². The van der Waals surface area contributed by atoms with Crippen molar-refractivity contribution in [3.63, 3.8) is 0 Å². The van der Waals surface area contributed by atoms with Crippen LogP contribution in [0.25, 0.3) is 0 Å². The molecule has 3 saturated heterocycles. The minimum atomic E-state index is -1.12. The first kappa shape index (κ1) is 16.5. The van der Waals surface area contributed by atoms with E-state index in [1.807, 2.05) is 6.92 Å². The van der Waals surface area contributed by atoms with Crippen LogP contribution in [0.3, 0.4) is 0 Å². The summed E-state index contributed by atoms with van der Waals surface area (Å²) in [6.45, 7) is 5.44. The quantitative estimate of drug-likeness (QED) is 0.648. The van der Waals surface area contributed by atoms with Crippen LogP contribution in [-0.4, -0.2) is 47.2 Å². The Kier molecular flexibility index (Phi) is 3.01. The molecule has 144 valence electrons. The van der Waals surface area contributed by atoms with Crippen LogP contribution in [-0.2, 0) is 14.2 Å². The van der Waals surface area contributed by atoms with Gasteiger partial charge in [0.25, 0.3) is 0 Å². The number of ether oxygens (including phenoxy) is 3. The predicted molar refractivity (Wildman–Crippen MR) is 92.9 cm³/mol. The summed E-state index contributed by atoms with van der Waals surface area (Å²) in [6.07, 6.45) is 7.60. The van der Waals surface area contributed by atoms with E-state index >= 15 is 0 Å². The van der Waals surface area contributed by atoms with E-state index in [4.69, 9.17) is 14.2 Å². The highest BCUT2D eigenvalue weighted by molar-refractivity contribution is 5.28. The second-order valence-electron chi connectivity index (χ2n) is 10.1. The Labute approximate surface area is 154 Å². The number of rotatable bonds is 0. The largest absolute Gasteiger partial charge is 0.393 e. The first-order valence-electron chi connectivity index (χ1n) is 10.4. The zero-order valence-corrected chi connectivity index (χ0v) is 15.7. The molecule has 0 aromatic rings. The van der Waals surface area contributed by atoms with Crippen LogP contribution in [0, 0.1) is 28.6 Å². The number of hydrogen-bond donors (Lipinski definition) is 2. The predicted octanol–water partition coefficient (Wildman–Crippen LogP) is 2.36. The number of hydrogen-bond acceptors (Lipinski definition) is 5. The molecule has 5 nitrogen and oxygen atoms in total. The minimum Gasteiger partial charge on any atom is -0.393 e. The van der Waals surface area contributed by atoms with Gasteiger partial charge in [-0.1, -0.05) is 18.6 Å². The van der Waals surface area contributed by atoms with Crippen LogP contribution in [0.2, 0.25) is 0 Å². The molecule has 1 spiro atoms. The third-order valence-electron chi connectivity index (χ3n) is 9.24. The second kappa shape index (κ2) is 4.74. The summed E-state index contributed by atoms with van der Waals surface area (Å²) < 4.78 is 18.5. The van der Waals surface area contributed by atoms with E-state index in [9.17, 15) is 10.2 Å². The van der Waals surface area contributed by atoms with Crippen LogP contribution in [0.4, 0.5) is 0 Å². The van der Waals surface area contributed by atoms with Gasteiger partial charge in [-0.3, -0.25) is 0 Å². The third kappa shape index (κ3) is 1.63. The Hall–Kier alpha value is -0.460. The molecular weight excluding hydrogens is 332 g/mol. The number of allylic oxidation sites excluding steroid dienone is 1. The summed E-state index contributed by atoms with van der Waals surface area (Å²) in [7, 11) is 0. The van der Waals surface area contributed by atoms with Gasteiger partial charge in [0, 0.05) is 5.92 Å². The molecule has 5 fully saturated rings. The summed E-state index contributed by atoms with van der Waals surface area (Å²) in [5, 5.41) is 22.2. The number of aliphatic hydroxyl groups excluding tert-OH is 1. The maximum atomic E-state index is 12.0. The van der Waals surface area contributed by atoms with E-state index < -0.39 is 11.6 Å². The lowest BCUT2D eigenvalue weighted by atomic mass is 9.47. The van der Waals surface area contributed by atoms with E-state index in [0.29, 0.717) is 19.1 Å². The highest BCUT2D eigenvalue weighted by Crippen LogP contribution is 2.72. The molecule has 3 heterocycles. The molecule has 6 rings (SSSR count). The van der Waals surface area contributed by atoms with Crippen LogP contribution in [0.5, 0.6) is 0 Å². The fourth-order valence-corrected chi connectivity index (χ4v) is 7.96. The Morgan fingerprint density at radius 3 is 2.81 bits per heavy atom. The van der Waals surface area contributed by atoms with Crippen molar-refractivity contribution >= 4 is 0 Å². The van der Waals surface area contributed by atoms with Crippen LogP contribution >= 0.6 is 0 Å². The Bertz CT molecular complexity index is 692. The van der Waals surface area contributed by atoms with Crippen molar-refractivity contribution in [3.8, 4) is 0 Å². The van der Waals surface area contributed by atoms with Gasteiger partial charge in [-0.15, -0.1) is 0 Å². The average Bonchev–Trinajstić information content (AvgIpc) is 3.18. The van der Waals surface area contributed by atoms with Gasteiger partial charge >= 0.3 is 0 Å². The molecule has 2 saturated carbocycles. The van der Waals surface area contributed by atoms with Crippen molar-refractivity contribution < 1.29 is 24.4 Å². The van der Waals surface area contributed by atoms with Gasteiger partial charge in [0.1, 0.15) is 0 Å². The molecule has 2 N–H and O–H groups in total. The maximum absolute atomic E-state index is 12.0. The Morgan fingerprint density at radius 1 is 1.12 bits per heavy atom. The molecule has 9 atom stereocenters. The Balaban J connectivity index is 1.43. The first-order chi connectivity index (χ1) is 12.3. The average molecular weight is 362 g/mol. The van der Waals surface area contributed by atoms with Gasteiger partial charge in [0.05, 0.1) is 36.8 Å². The molecule has 3 aliphatic carbocycles. The number of fused-ring (bicyclic) bond motifs is 4. The molecule has 3 aliphatic heterocycles. The highest BCUT2D eigenvalue weighted by Gasteiger charge is 2.80. The lowest BCUT2D eigenvalue weighted by Crippen LogP contribution is -2.62. The van der Waals surface area contributed by atoms with E-state index in [2.05, 4.69) is 13.0 Å². The summed E-state index contributed by atoms with van der Waals surface area (Å²) in [4.78, 5) is 0. The van der Waals surface area contributed by atoms with Crippen molar-refractivity contribution in [2.45, 2.75) is 76.2 Å². The van der Waals surface area contributed by atoms with Gasteiger partial charge in [-0.25, -0.2) is 0 Å². The molecule has 0 amide bonds. The molecule has 0 radical (unpaired) electrons. The summed E-state index contributed by atoms with van der Waals surface area (Å²) >= 11 is 0. The van der Waals surface area contributed by atoms with Gasteiger partial charge < -0.3 is 24.4 Å². The van der Waals surface area contributed by atoms with Crippen molar-refractivity contribution in [1.29, 1.82) is 0 Å². The monoisotopic (exact) mass is 362 g/mol. The number of aliphatic hydroxyl groups is 2. The van der Waals surface area contributed by atoms with Crippen LogP contribution < -0.4 is 0 Å². The van der Waals surface area contributed by atoms with E-state index in [1.54, 1.807) is 0 Å². The maximum Gasteiger partial charge on any atom is 0.177 e. The first-order valence-corrected chi connectivity index (χ1v) is 10.4. The minimum absolute atomic E-state index is 0.0578. The lowest BCUT2D eigenvalue weighted by molar-refractivity contribution is -0.308. The molecule has 0 bridgehead atoms. The standard InChI is InChI=1S/C21H30O5/c1-18-7-5-13(22)9-12(18)3-4-15-14(18)6-8-20-11-25-19(2)17(20)16(10-24-19)26-21(15,20)23/h3,13-17,22-23H,4-11H2,1-2H3/t13-,14+,15-,16+,17+,18-,19+,20-,21+/m0/s1. The van der Waals surface area contributed by atoms with Crippen molar-refractivity contribution in [3.05, 3.63) is 11.6 Å². The molecular formula is C21H30O5. The van der Waals surface area contributed by atoms with E-state index in [0.717, 1.165) is 38.5 Å². The normalized spacial score (nSPS) is 62.9. The molecule has 0 unspecified atom stereocenters. The highest BCUT2D eigenvalue weighted by atomic mass is 16.7. The molecule has 0 aromatic heterocycles. The zero-order valence-electron chi connectivity index (χ0n) is 15.7. The van der Waals surface area contributed by atoms with Gasteiger partial charge in [0.15, 0.2) is 11.6 Å². The molecule has 6 aliphatic rings. The fraction of sp³-hybridized carbons (Fsp3) is 0.905. The van der Waals surface area contributed by atoms with Gasteiger partial charge in [-0.2, -0.15) is 0 Å². The van der Waals surface area contributed by atoms with Crippen molar-refractivity contribution in [2.24, 2.45) is 28.6 Å². The van der Waals surface area contributed by atoms with E-state index in [1.165, 1.54) is 5.57 Å². The SMILES string of the molecule is C[C@@]12OC[C@H]3O[C@]4(O)[C@H]5CC=C6C[C@@H](O)CC[C@]6(C)[C@@H]5CC[C@]4(CO1)[C@H]32. The van der Waals surface area contributed by atoms with Crippen molar-refractivity contribution in [2.75, 3.05) is 13.2 Å². The molecule has 0 aromatic carbocycles. The molecule has 26 heavy (non-hydrogen) atoms. The smallest absolute Gasteiger partial charge is 0.177 e. The zero-order chi connectivity index (χ0) is 17.9.